The van der Waals surface area contributed by atoms with E-state index in [2.05, 4.69) is 15.8 Å². The van der Waals surface area contributed by atoms with Crippen molar-refractivity contribution in [3.63, 3.8) is 0 Å². The quantitative estimate of drug-likeness (QED) is 0.625. The third-order valence-corrected chi connectivity index (χ3v) is 7.04. The molecular weight excluding hydrogens is 472 g/mol. The molecule has 0 saturated carbocycles. The average Bonchev–Trinajstić information content (AvgIpc) is 3.44. The first-order valence-corrected chi connectivity index (χ1v) is 11.8. The average molecular weight is 499 g/mol. The molecule has 0 radical (unpaired) electrons. The van der Waals surface area contributed by atoms with Gasteiger partial charge in [0, 0.05) is 11.6 Å². The number of carbonyl (C=O) groups is 3. The zero-order valence-corrected chi connectivity index (χ0v) is 20.8. The van der Waals surface area contributed by atoms with E-state index >= 15 is 0 Å². The van der Waals surface area contributed by atoms with Gasteiger partial charge in [-0.05, 0) is 46.8 Å². The number of halogens is 1. The van der Waals surface area contributed by atoms with Crippen LogP contribution in [0, 0.1) is 18.8 Å². The van der Waals surface area contributed by atoms with E-state index in [-0.39, 0.29) is 5.82 Å². The van der Waals surface area contributed by atoms with Crippen molar-refractivity contribution in [2.45, 2.75) is 57.4 Å². The third kappa shape index (κ3) is 3.56. The molecule has 1 spiro atoms. The van der Waals surface area contributed by atoms with E-state index in [0.717, 1.165) is 0 Å². The Balaban J connectivity index is 1.61. The fraction of sp³-hybridized carbons (Fsp3) is 0.440. The molecule has 0 aliphatic carbocycles. The van der Waals surface area contributed by atoms with Gasteiger partial charge in [-0.1, -0.05) is 41.0 Å². The summed E-state index contributed by atoms with van der Waals surface area (Å²) in [7, 11) is 0. The van der Waals surface area contributed by atoms with Crippen molar-refractivity contribution >= 4 is 40.8 Å². The van der Waals surface area contributed by atoms with E-state index < -0.39 is 52.3 Å². The van der Waals surface area contributed by atoms with Gasteiger partial charge in [-0.25, -0.2) is 0 Å². The van der Waals surface area contributed by atoms with E-state index in [0.29, 0.717) is 16.5 Å². The van der Waals surface area contributed by atoms with Crippen LogP contribution in [0.15, 0.2) is 47.0 Å². The molecule has 2 saturated heterocycles. The van der Waals surface area contributed by atoms with Crippen LogP contribution in [0.4, 0.5) is 11.5 Å². The Hall–Kier alpha value is -3.17. The van der Waals surface area contributed by atoms with Crippen LogP contribution in [0.5, 0.6) is 0 Å². The molecule has 184 valence electrons. The minimum atomic E-state index is -1.35. The van der Waals surface area contributed by atoms with Crippen molar-refractivity contribution in [3.05, 3.63) is 53.3 Å². The van der Waals surface area contributed by atoms with Crippen LogP contribution in [0.25, 0.3) is 0 Å². The molecule has 3 amide bonds. The summed E-state index contributed by atoms with van der Waals surface area (Å²) >= 11 is 6.48. The van der Waals surface area contributed by atoms with E-state index in [1.807, 2.05) is 20.8 Å². The van der Waals surface area contributed by atoms with Gasteiger partial charge in [0.1, 0.15) is 17.4 Å². The molecule has 3 aliphatic heterocycles. The molecule has 2 aromatic rings. The van der Waals surface area contributed by atoms with Crippen molar-refractivity contribution in [1.82, 2.24) is 10.5 Å². The molecule has 0 unspecified atom stereocenters. The van der Waals surface area contributed by atoms with Crippen molar-refractivity contribution in [3.8, 4) is 0 Å². The van der Waals surface area contributed by atoms with E-state index in [4.69, 9.17) is 20.9 Å². The van der Waals surface area contributed by atoms with Crippen LogP contribution in [0.1, 0.15) is 33.5 Å². The summed E-state index contributed by atoms with van der Waals surface area (Å²) in [5, 5.41) is 9.86. The van der Waals surface area contributed by atoms with Crippen molar-refractivity contribution in [1.29, 1.82) is 0 Å². The second kappa shape index (κ2) is 7.66. The molecule has 2 fully saturated rings. The maximum Gasteiger partial charge on any atom is 0.246 e. The van der Waals surface area contributed by atoms with Gasteiger partial charge in [-0.3, -0.25) is 19.3 Å². The number of nitrogens with zero attached hydrogens (tertiary/aromatic N) is 2. The number of aromatic nitrogens is 1. The summed E-state index contributed by atoms with van der Waals surface area (Å²) in [5.41, 5.74) is -2.61. The van der Waals surface area contributed by atoms with Crippen LogP contribution in [-0.4, -0.2) is 45.7 Å². The first kappa shape index (κ1) is 23.6. The number of nitrogens with one attached hydrogen (secondary N) is 2. The Kier molecular flexibility index (Phi) is 5.16. The van der Waals surface area contributed by atoms with Crippen LogP contribution >= 0.6 is 11.6 Å². The van der Waals surface area contributed by atoms with Crippen LogP contribution in [0.2, 0.25) is 5.02 Å². The standard InChI is InChI=1S/C25H27ClN4O5/c1-13-12-16(29-34-13)27-20(31)17-18-22(33)30(15-9-7-6-8-14(15)26)19(21(32)28-23(2,3)4)25(18)11-10-24(17,5)35-25/h6-12,17-19H,1-5H3,(H,28,32)(H,27,29,31)/t17-,18-,19+,24+,25+/m0/s1. The summed E-state index contributed by atoms with van der Waals surface area (Å²) in [6.07, 6.45) is 3.52. The largest absolute Gasteiger partial charge is 0.360 e. The first-order valence-electron chi connectivity index (χ1n) is 11.4. The number of hydrogen-bond donors (Lipinski definition) is 2. The fourth-order valence-corrected chi connectivity index (χ4v) is 5.73. The highest BCUT2D eigenvalue weighted by molar-refractivity contribution is 6.34. The highest BCUT2D eigenvalue weighted by Crippen LogP contribution is 2.60. The number of ether oxygens (including phenoxy) is 1. The molecule has 5 rings (SSSR count). The molecule has 1 aromatic heterocycles. The van der Waals surface area contributed by atoms with Crippen LogP contribution in [0.3, 0.4) is 0 Å². The highest BCUT2D eigenvalue weighted by atomic mass is 35.5. The summed E-state index contributed by atoms with van der Waals surface area (Å²) in [6.45, 7) is 9.04. The van der Waals surface area contributed by atoms with Crippen LogP contribution in [-0.2, 0) is 19.1 Å². The van der Waals surface area contributed by atoms with Gasteiger partial charge in [-0.15, -0.1) is 0 Å². The Morgan fingerprint density at radius 2 is 1.89 bits per heavy atom. The number of aryl methyl sites for hydroxylation is 1. The lowest BCUT2D eigenvalue weighted by Gasteiger charge is -2.35. The third-order valence-electron chi connectivity index (χ3n) is 6.72. The van der Waals surface area contributed by atoms with Gasteiger partial charge in [0.2, 0.25) is 17.7 Å². The predicted molar refractivity (Wildman–Crippen MR) is 129 cm³/mol. The summed E-state index contributed by atoms with van der Waals surface area (Å²) in [4.78, 5) is 42.7. The number of rotatable bonds is 4. The molecule has 3 aliphatic rings. The minimum absolute atomic E-state index is 0.243. The van der Waals surface area contributed by atoms with E-state index in [9.17, 15) is 14.4 Å². The lowest BCUT2D eigenvalue weighted by atomic mass is 9.70. The highest BCUT2D eigenvalue weighted by Gasteiger charge is 2.76. The summed E-state index contributed by atoms with van der Waals surface area (Å²) in [6, 6.07) is 7.35. The van der Waals surface area contributed by atoms with Gasteiger partial charge in [0.15, 0.2) is 5.82 Å². The minimum Gasteiger partial charge on any atom is -0.360 e. The molecule has 10 heteroatoms. The molecule has 1 aromatic carbocycles. The first-order chi connectivity index (χ1) is 16.4. The van der Waals surface area contributed by atoms with Gasteiger partial charge in [0.25, 0.3) is 0 Å². The fourth-order valence-electron chi connectivity index (χ4n) is 5.51. The lowest BCUT2D eigenvalue weighted by molar-refractivity contribution is -0.131. The number of para-hydroxylation sites is 1. The molecule has 2 bridgehead atoms. The van der Waals surface area contributed by atoms with Gasteiger partial charge < -0.3 is 19.9 Å². The van der Waals surface area contributed by atoms with Gasteiger partial charge >= 0.3 is 0 Å². The zero-order chi connectivity index (χ0) is 25.3. The topological polar surface area (TPSA) is 114 Å². The number of hydrogen-bond acceptors (Lipinski definition) is 6. The lowest BCUT2D eigenvalue weighted by Crippen LogP contribution is -2.58. The molecule has 2 N–H and O–H groups in total. The molecule has 35 heavy (non-hydrogen) atoms. The Labute approximate surface area is 207 Å². The van der Waals surface area contributed by atoms with E-state index in [1.54, 1.807) is 56.3 Å². The van der Waals surface area contributed by atoms with Crippen LogP contribution < -0.4 is 15.5 Å². The van der Waals surface area contributed by atoms with Crippen molar-refractivity contribution in [2.75, 3.05) is 10.2 Å². The number of anilines is 2. The van der Waals surface area contributed by atoms with E-state index in [1.165, 1.54) is 4.90 Å². The van der Waals surface area contributed by atoms with Crippen molar-refractivity contribution in [2.24, 2.45) is 11.8 Å². The normalized spacial score (nSPS) is 31.1. The Morgan fingerprint density at radius 1 is 1.17 bits per heavy atom. The van der Waals surface area contributed by atoms with Crippen molar-refractivity contribution < 1.29 is 23.6 Å². The number of fused-ring (bicyclic) bond motifs is 1. The van der Waals surface area contributed by atoms with Gasteiger partial charge in [0.05, 0.1) is 28.1 Å². The molecule has 9 nitrogen and oxygen atoms in total. The monoisotopic (exact) mass is 498 g/mol. The number of carbonyl (C=O) groups excluding carboxylic acids is 3. The number of amides is 3. The smallest absolute Gasteiger partial charge is 0.246 e. The zero-order valence-electron chi connectivity index (χ0n) is 20.1. The van der Waals surface area contributed by atoms with Gasteiger partial charge in [-0.2, -0.15) is 0 Å². The number of benzene rings is 1. The Bertz CT molecular complexity index is 1270. The molecule has 5 atom stereocenters. The second-order valence-electron chi connectivity index (χ2n) is 10.5. The second-order valence-corrected chi connectivity index (χ2v) is 10.9. The SMILES string of the molecule is Cc1cc(NC(=O)[C@@H]2[C@H]3C(=O)N(c4ccccc4Cl)[C@H](C(=O)NC(C)(C)C)[C@@]34C=C[C@@]2(C)O4)no1. The molecular formula is C25H27ClN4O5. The Morgan fingerprint density at radius 3 is 2.51 bits per heavy atom. The maximum absolute atomic E-state index is 14.1. The predicted octanol–water partition coefficient (Wildman–Crippen LogP) is 3.23. The molecule has 4 heterocycles. The summed E-state index contributed by atoms with van der Waals surface area (Å²) in [5.74, 6) is -2.32. The summed E-state index contributed by atoms with van der Waals surface area (Å²) < 4.78 is 11.5. The maximum atomic E-state index is 14.1.